The number of rotatable bonds is 3. The van der Waals surface area contributed by atoms with Gasteiger partial charge in [0.1, 0.15) is 5.75 Å². The third-order valence-electron chi connectivity index (χ3n) is 2.08. The molecule has 1 aromatic carbocycles. The molecule has 0 saturated carbocycles. The Balaban J connectivity index is 2.83. The topological polar surface area (TPSA) is 38.3 Å². The molecule has 0 radical (unpaired) electrons. The van der Waals surface area contributed by atoms with Crippen LogP contribution in [0.25, 0.3) is 0 Å². The smallest absolute Gasteiger partial charge is 0.471 e. The number of hydrogen-bond acceptors (Lipinski definition) is 2. The minimum atomic E-state index is -4.89. The lowest BCUT2D eigenvalue weighted by Crippen LogP contribution is -2.30. The van der Waals surface area contributed by atoms with Crippen LogP contribution < -0.4 is 10.1 Å². The number of benzene rings is 1. The van der Waals surface area contributed by atoms with Crippen molar-refractivity contribution in [2.24, 2.45) is 0 Å². The van der Waals surface area contributed by atoms with Crippen LogP contribution in [0.2, 0.25) is 0 Å². The SMILES string of the molecule is Cc1cc(OC(C)C)ccc1NC(=O)C(F)(F)F. The predicted molar refractivity (Wildman–Crippen MR) is 61.6 cm³/mol. The summed E-state index contributed by atoms with van der Waals surface area (Å²) in [6, 6.07) is 4.47. The number of amides is 1. The van der Waals surface area contributed by atoms with Crippen LogP contribution in [0, 0.1) is 6.92 Å². The molecule has 0 saturated heterocycles. The number of aryl methyl sites for hydroxylation is 1. The third-order valence-corrected chi connectivity index (χ3v) is 2.08. The minimum absolute atomic E-state index is 0.0278. The van der Waals surface area contributed by atoms with E-state index in [9.17, 15) is 18.0 Å². The van der Waals surface area contributed by atoms with Crippen molar-refractivity contribution in [3.05, 3.63) is 23.8 Å². The summed E-state index contributed by atoms with van der Waals surface area (Å²) in [5.41, 5.74) is 0.624. The van der Waals surface area contributed by atoms with Crippen molar-refractivity contribution in [1.82, 2.24) is 0 Å². The summed E-state index contributed by atoms with van der Waals surface area (Å²) < 4.78 is 41.6. The Kier molecular flexibility index (Phi) is 4.21. The van der Waals surface area contributed by atoms with Crippen molar-refractivity contribution < 1.29 is 22.7 Å². The van der Waals surface area contributed by atoms with E-state index in [4.69, 9.17) is 4.74 Å². The van der Waals surface area contributed by atoms with E-state index < -0.39 is 12.1 Å². The lowest BCUT2D eigenvalue weighted by Gasteiger charge is -2.13. The number of alkyl halides is 3. The summed E-state index contributed by atoms with van der Waals surface area (Å²) >= 11 is 0. The third kappa shape index (κ3) is 3.94. The van der Waals surface area contributed by atoms with Gasteiger partial charge in [-0.3, -0.25) is 4.79 Å². The van der Waals surface area contributed by atoms with E-state index in [0.717, 1.165) is 0 Å². The van der Waals surface area contributed by atoms with Crippen molar-refractivity contribution >= 4 is 11.6 Å². The van der Waals surface area contributed by atoms with E-state index in [1.54, 1.807) is 13.0 Å². The molecule has 0 aliphatic rings. The maximum absolute atomic E-state index is 12.1. The van der Waals surface area contributed by atoms with Gasteiger partial charge in [-0.1, -0.05) is 0 Å². The maximum Gasteiger partial charge on any atom is 0.471 e. The Labute approximate surface area is 103 Å². The van der Waals surface area contributed by atoms with Crippen LogP contribution in [0.5, 0.6) is 5.75 Å². The fourth-order valence-electron chi connectivity index (χ4n) is 1.32. The van der Waals surface area contributed by atoms with E-state index in [-0.39, 0.29) is 11.8 Å². The Morgan fingerprint density at radius 1 is 1.33 bits per heavy atom. The largest absolute Gasteiger partial charge is 0.491 e. The van der Waals surface area contributed by atoms with E-state index >= 15 is 0 Å². The Hall–Kier alpha value is -1.72. The molecule has 3 nitrogen and oxygen atoms in total. The second-order valence-electron chi connectivity index (χ2n) is 4.10. The van der Waals surface area contributed by atoms with Crippen LogP contribution in [0.1, 0.15) is 19.4 Å². The molecule has 0 fully saturated rings. The number of hydrogen-bond donors (Lipinski definition) is 1. The highest BCUT2D eigenvalue weighted by Crippen LogP contribution is 2.24. The lowest BCUT2D eigenvalue weighted by molar-refractivity contribution is -0.167. The molecule has 0 aliphatic carbocycles. The van der Waals surface area contributed by atoms with Crippen LogP contribution >= 0.6 is 0 Å². The molecule has 0 spiro atoms. The summed E-state index contributed by atoms with van der Waals surface area (Å²) in [7, 11) is 0. The molecule has 1 rings (SSSR count). The first-order valence-electron chi connectivity index (χ1n) is 5.35. The van der Waals surface area contributed by atoms with Crippen molar-refractivity contribution in [3.8, 4) is 5.75 Å². The maximum atomic E-state index is 12.1. The molecular formula is C12H14F3NO2. The molecule has 0 aliphatic heterocycles. The molecule has 1 amide bonds. The van der Waals surface area contributed by atoms with Gasteiger partial charge in [0.2, 0.25) is 0 Å². The molecule has 6 heteroatoms. The quantitative estimate of drug-likeness (QED) is 0.906. The number of anilines is 1. The number of carbonyl (C=O) groups excluding carboxylic acids is 1. The second kappa shape index (κ2) is 5.29. The summed E-state index contributed by atoms with van der Waals surface area (Å²) in [5, 5.41) is 1.81. The van der Waals surface area contributed by atoms with Gasteiger partial charge >= 0.3 is 12.1 Å². The number of halogens is 3. The minimum Gasteiger partial charge on any atom is -0.491 e. The Bertz CT molecular complexity index is 441. The van der Waals surface area contributed by atoms with Gasteiger partial charge in [0.15, 0.2) is 0 Å². The standard InChI is InChI=1S/C12H14F3NO2/c1-7(2)18-9-4-5-10(8(3)6-9)16-11(17)12(13,14)15/h4-7H,1-3H3,(H,16,17). The lowest BCUT2D eigenvalue weighted by atomic mass is 10.2. The highest BCUT2D eigenvalue weighted by molar-refractivity contribution is 5.95. The first-order chi connectivity index (χ1) is 8.20. The molecule has 100 valence electrons. The summed E-state index contributed by atoms with van der Waals surface area (Å²) in [4.78, 5) is 10.8. The molecule has 0 aromatic heterocycles. The molecule has 0 heterocycles. The normalized spacial score (nSPS) is 11.5. The van der Waals surface area contributed by atoms with E-state index in [2.05, 4.69) is 0 Å². The molecular weight excluding hydrogens is 247 g/mol. The first-order valence-corrected chi connectivity index (χ1v) is 5.35. The first kappa shape index (κ1) is 14.3. The van der Waals surface area contributed by atoms with E-state index in [1.807, 2.05) is 19.2 Å². The van der Waals surface area contributed by atoms with Gasteiger partial charge in [-0.15, -0.1) is 0 Å². The number of nitrogens with one attached hydrogen (secondary N) is 1. The average molecular weight is 261 g/mol. The zero-order valence-corrected chi connectivity index (χ0v) is 10.3. The van der Waals surface area contributed by atoms with Crippen LogP contribution in [0.4, 0.5) is 18.9 Å². The summed E-state index contributed by atoms with van der Waals surface area (Å²) in [6.45, 7) is 5.28. The highest BCUT2D eigenvalue weighted by atomic mass is 19.4. The average Bonchev–Trinajstić information content (AvgIpc) is 2.19. The predicted octanol–water partition coefficient (Wildman–Crippen LogP) is 3.28. The van der Waals surface area contributed by atoms with Crippen LogP contribution in [-0.4, -0.2) is 18.2 Å². The van der Waals surface area contributed by atoms with E-state index in [1.165, 1.54) is 12.1 Å². The molecule has 0 atom stereocenters. The van der Waals surface area contributed by atoms with Gasteiger partial charge in [-0.05, 0) is 44.5 Å². The van der Waals surface area contributed by atoms with Gasteiger partial charge in [-0.2, -0.15) is 13.2 Å². The molecule has 1 N–H and O–H groups in total. The van der Waals surface area contributed by atoms with Crippen LogP contribution in [-0.2, 0) is 4.79 Å². The van der Waals surface area contributed by atoms with Crippen molar-refractivity contribution in [2.75, 3.05) is 5.32 Å². The Morgan fingerprint density at radius 3 is 2.39 bits per heavy atom. The molecule has 0 unspecified atom stereocenters. The summed E-state index contributed by atoms with van der Waals surface area (Å²) in [5.74, 6) is -1.43. The molecule has 18 heavy (non-hydrogen) atoms. The van der Waals surface area contributed by atoms with Crippen molar-refractivity contribution in [1.29, 1.82) is 0 Å². The zero-order valence-electron chi connectivity index (χ0n) is 10.3. The number of carbonyl (C=O) groups is 1. The van der Waals surface area contributed by atoms with Crippen molar-refractivity contribution in [3.63, 3.8) is 0 Å². The van der Waals surface area contributed by atoms with Crippen molar-refractivity contribution in [2.45, 2.75) is 33.1 Å². The molecule has 1 aromatic rings. The fourth-order valence-corrected chi connectivity index (χ4v) is 1.32. The monoisotopic (exact) mass is 261 g/mol. The number of ether oxygens (including phenoxy) is 1. The van der Waals surface area contributed by atoms with Crippen LogP contribution in [0.15, 0.2) is 18.2 Å². The van der Waals surface area contributed by atoms with Gasteiger partial charge in [0, 0.05) is 5.69 Å². The molecule has 0 bridgehead atoms. The van der Waals surface area contributed by atoms with Gasteiger partial charge < -0.3 is 10.1 Å². The highest BCUT2D eigenvalue weighted by Gasteiger charge is 2.38. The van der Waals surface area contributed by atoms with Gasteiger partial charge in [-0.25, -0.2) is 0 Å². The van der Waals surface area contributed by atoms with E-state index in [0.29, 0.717) is 11.3 Å². The van der Waals surface area contributed by atoms with Crippen LogP contribution in [0.3, 0.4) is 0 Å². The summed E-state index contributed by atoms with van der Waals surface area (Å²) in [6.07, 6.45) is -4.92. The Morgan fingerprint density at radius 2 is 1.94 bits per heavy atom. The second-order valence-corrected chi connectivity index (χ2v) is 4.10. The van der Waals surface area contributed by atoms with Gasteiger partial charge in [0.05, 0.1) is 6.10 Å². The van der Waals surface area contributed by atoms with Gasteiger partial charge in [0.25, 0.3) is 0 Å². The zero-order chi connectivity index (χ0) is 13.9. The fraction of sp³-hybridized carbons (Fsp3) is 0.417.